The van der Waals surface area contributed by atoms with E-state index in [1.807, 2.05) is 0 Å². The summed E-state index contributed by atoms with van der Waals surface area (Å²) in [6.45, 7) is 1.01. The minimum atomic E-state index is -0.489. The SMILES string of the molecule is O=[N+]([O-])c1cccc(OOC[C@@H]2CO2)c1. The Hall–Kier alpha value is -1.66. The third-order valence-corrected chi connectivity index (χ3v) is 1.84. The normalized spacial score (nSPS) is 18.5. The fourth-order valence-electron chi connectivity index (χ4n) is 0.991. The Morgan fingerprint density at radius 1 is 1.60 bits per heavy atom. The van der Waals surface area contributed by atoms with Gasteiger partial charge in [-0.1, -0.05) is 6.07 Å². The van der Waals surface area contributed by atoms with Crippen LogP contribution in [-0.4, -0.2) is 24.2 Å². The van der Waals surface area contributed by atoms with E-state index in [9.17, 15) is 10.1 Å². The Morgan fingerprint density at radius 2 is 2.40 bits per heavy atom. The summed E-state index contributed by atoms with van der Waals surface area (Å²) in [6.07, 6.45) is 0.101. The molecule has 1 aromatic carbocycles. The molecule has 1 aromatic rings. The van der Waals surface area contributed by atoms with Gasteiger partial charge in [-0.3, -0.25) is 10.1 Å². The molecule has 15 heavy (non-hydrogen) atoms. The van der Waals surface area contributed by atoms with Crippen LogP contribution in [0.25, 0.3) is 0 Å². The largest absolute Gasteiger partial charge is 0.370 e. The van der Waals surface area contributed by atoms with E-state index in [2.05, 4.69) is 0 Å². The molecular weight excluding hydrogens is 202 g/mol. The van der Waals surface area contributed by atoms with E-state index in [-0.39, 0.29) is 11.8 Å². The molecule has 1 fully saturated rings. The van der Waals surface area contributed by atoms with Gasteiger partial charge in [0.1, 0.15) is 12.7 Å². The second-order valence-electron chi connectivity index (χ2n) is 3.08. The third-order valence-electron chi connectivity index (χ3n) is 1.84. The summed E-state index contributed by atoms with van der Waals surface area (Å²) in [5, 5.41) is 10.4. The lowest BCUT2D eigenvalue weighted by molar-refractivity contribution is -0.385. The molecule has 0 saturated carbocycles. The van der Waals surface area contributed by atoms with Gasteiger partial charge in [-0.2, -0.15) is 4.89 Å². The van der Waals surface area contributed by atoms with E-state index in [0.29, 0.717) is 19.0 Å². The van der Waals surface area contributed by atoms with Crippen LogP contribution in [0.5, 0.6) is 5.75 Å². The van der Waals surface area contributed by atoms with E-state index in [0.717, 1.165) is 0 Å². The van der Waals surface area contributed by atoms with Crippen LogP contribution < -0.4 is 4.89 Å². The molecule has 0 unspecified atom stereocenters. The Bertz CT molecular complexity index is 363. The first-order valence-electron chi connectivity index (χ1n) is 4.41. The number of hydrogen-bond acceptors (Lipinski definition) is 5. The highest BCUT2D eigenvalue weighted by atomic mass is 17.2. The van der Waals surface area contributed by atoms with Crippen molar-refractivity contribution in [2.75, 3.05) is 13.2 Å². The maximum absolute atomic E-state index is 10.4. The van der Waals surface area contributed by atoms with Gasteiger partial charge in [-0.25, -0.2) is 0 Å². The van der Waals surface area contributed by atoms with Crippen molar-refractivity contribution < 1.29 is 19.4 Å². The molecule has 6 heteroatoms. The van der Waals surface area contributed by atoms with Crippen molar-refractivity contribution in [2.45, 2.75) is 6.10 Å². The molecule has 0 radical (unpaired) electrons. The molecule has 1 atom stereocenters. The highest BCUT2D eigenvalue weighted by molar-refractivity contribution is 5.37. The van der Waals surface area contributed by atoms with E-state index in [1.165, 1.54) is 18.2 Å². The van der Waals surface area contributed by atoms with Crippen molar-refractivity contribution in [3.8, 4) is 5.75 Å². The average molecular weight is 211 g/mol. The van der Waals surface area contributed by atoms with Gasteiger partial charge in [-0.15, -0.1) is 0 Å². The lowest BCUT2D eigenvalue weighted by Gasteiger charge is -2.02. The first-order valence-corrected chi connectivity index (χ1v) is 4.41. The third kappa shape index (κ3) is 2.90. The van der Waals surface area contributed by atoms with Crippen LogP contribution in [0.2, 0.25) is 0 Å². The van der Waals surface area contributed by atoms with Gasteiger partial charge in [0.15, 0.2) is 5.75 Å². The lowest BCUT2D eigenvalue weighted by Crippen LogP contribution is -2.04. The highest BCUT2D eigenvalue weighted by Gasteiger charge is 2.23. The fraction of sp³-hybridized carbons (Fsp3) is 0.333. The van der Waals surface area contributed by atoms with Gasteiger partial charge < -0.3 is 9.62 Å². The number of rotatable bonds is 5. The quantitative estimate of drug-likeness (QED) is 0.317. The molecule has 0 aliphatic carbocycles. The first kappa shape index (κ1) is 9.88. The summed E-state index contributed by atoms with van der Waals surface area (Å²) in [5.41, 5.74) is -0.0289. The van der Waals surface area contributed by atoms with Crippen LogP contribution in [0.1, 0.15) is 0 Å². The van der Waals surface area contributed by atoms with Gasteiger partial charge in [-0.05, 0) is 6.07 Å². The number of hydrogen-bond donors (Lipinski definition) is 0. The Balaban J connectivity index is 1.88. The predicted octanol–water partition coefficient (Wildman–Crippen LogP) is 1.30. The molecule has 1 aliphatic heterocycles. The molecule has 1 saturated heterocycles. The van der Waals surface area contributed by atoms with Crippen molar-refractivity contribution in [1.29, 1.82) is 0 Å². The zero-order valence-corrected chi connectivity index (χ0v) is 7.79. The van der Waals surface area contributed by atoms with Gasteiger partial charge in [0.05, 0.1) is 17.6 Å². The van der Waals surface area contributed by atoms with Crippen LogP contribution in [0, 0.1) is 10.1 Å². The molecule has 1 aliphatic rings. The second-order valence-corrected chi connectivity index (χ2v) is 3.08. The molecule has 2 rings (SSSR count). The summed E-state index contributed by atoms with van der Waals surface area (Å²) in [6, 6.07) is 5.80. The van der Waals surface area contributed by atoms with E-state index in [1.54, 1.807) is 6.07 Å². The summed E-state index contributed by atoms with van der Waals surface area (Å²) in [5.74, 6) is 0.310. The second kappa shape index (κ2) is 4.24. The van der Waals surface area contributed by atoms with Crippen LogP contribution in [-0.2, 0) is 9.62 Å². The number of nitro benzene ring substituents is 1. The van der Waals surface area contributed by atoms with E-state index in [4.69, 9.17) is 14.5 Å². The number of epoxide rings is 1. The average Bonchev–Trinajstić information content (AvgIpc) is 3.02. The number of benzene rings is 1. The van der Waals surface area contributed by atoms with Crippen molar-refractivity contribution in [2.24, 2.45) is 0 Å². The van der Waals surface area contributed by atoms with E-state index < -0.39 is 4.92 Å². The number of nitrogens with zero attached hydrogens (tertiary/aromatic N) is 1. The van der Waals surface area contributed by atoms with Crippen LogP contribution in [0.4, 0.5) is 5.69 Å². The topological polar surface area (TPSA) is 74.1 Å². The van der Waals surface area contributed by atoms with Gasteiger partial charge in [0.2, 0.25) is 0 Å². The summed E-state index contributed by atoms with van der Waals surface area (Å²) in [4.78, 5) is 19.6. The number of nitro groups is 1. The number of ether oxygens (including phenoxy) is 1. The van der Waals surface area contributed by atoms with Crippen molar-refractivity contribution in [1.82, 2.24) is 0 Å². The predicted molar refractivity (Wildman–Crippen MR) is 49.4 cm³/mol. The Labute approximate surface area is 85.4 Å². The van der Waals surface area contributed by atoms with Crippen molar-refractivity contribution in [3.05, 3.63) is 34.4 Å². The fourth-order valence-corrected chi connectivity index (χ4v) is 0.991. The summed E-state index contributed by atoms with van der Waals surface area (Å²) in [7, 11) is 0. The lowest BCUT2D eigenvalue weighted by atomic mass is 10.3. The van der Waals surface area contributed by atoms with Gasteiger partial charge in [0.25, 0.3) is 5.69 Å². The zero-order chi connectivity index (χ0) is 10.7. The maximum Gasteiger partial charge on any atom is 0.273 e. The number of non-ortho nitro benzene ring substituents is 1. The van der Waals surface area contributed by atoms with Crippen LogP contribution >= 0.6 is 0 Å². The maximum atomic E-state index is 10.4. The van der Waals surface area contributed by atoms with E-state index >= 15 is 0 Å². The molecule has 0 bridgehead atoms. The van der Waals surface area contributed by atoms with Crippen molar-refractivity contribution in [3.63, 3.8) is 0 Å². The molecule has 0 amide bonds. The highest BCUT2D eigenvalue weighted by Crippen LogP contribution is 2.19. The first-order chi connectivity index (χ1) is 7.25. The van der Waals surface area contributed by atoms with Crippen LogP contribution in [0.3, 0.4) is 0 Å². The smallest absolute Gasteiger partial charge is 0.273 e. The minimum Gasteiger partial charge on any atom is -0.370 e. The molecule has 0 spiro atoms. The summed E-state index contributed by atoms with van der Waals surface area (Å²) >= 11 is 0. The molecule has 80 valence electrons. The zero-order valence-electron chi connectivity index (χ0n) is 7.79. The molecule has 1 heterocycles. The van der Waals surface area contributed by atoms with Gasteiger partial charge >= 0.3 is 0 Å². The summed E-state index contributed by atoms with van der Waals surface area (Å²) < 4.78 is 4.90. The molecule has 0 N–H and O–H groups in total. The Kier molecular flexibility index (Phi) is 2.79. The molecular formula is C9H9NO5. The molecule has 0 aromatic heterocycles. The molecule has 6 nitrogen and oxygen atoms in total. The minimum absolute atomic E-state index is 0.0289. The van der Waals surface area contributed by atoms with Gasteiger partial charge in [0, 0.05) is 6.07 Å². The van der Waals surface area contributed by atoms with Crippen molar-refractivity contribution >= 4 is 5.69 Å². The monoisotopic (exact) mass is 211 g/mol. The standard InChI is InChI=1S/C9H9NO5/c11-10(12)7-2-1-3-8(4-7)15-14-6-9-5-13-9/h1-4,9H,5-6H2/t9-/m0/s1. The van der Waals surface area contributed by atoms with Crippen LogP contribution in [0.15, 0.2) is 24.3 Å². The Morgan fingerprint density at radius 3 is 3.07 bits per heavy atom.